The maximum atomic E-state index is 12.4. The molecule has 108 valence electrons. The van der Waals surface area contributed by atoms with Crippen LogP contribution in [-0.2, 0) is 0 Å². The normalized spacial score (nSPS) is 12.9. The Bertz CT molecular complexity index is 680. The monoisotopic (exact) mass is 285 g/mol. The Labute approximate surface area is 122 Å². The van der Waals surface area contributed by atoms with Gasteiger partial charge in [0.05, 0.1) is 17.0 Å². The Hall–Kier alpha value is -2.63. The molecule has 0 saturated heterocycles. The number of amides is 1. The van der Waals surface area contributed by atoms with Gasteiger partial charge in [-0.1, -0.05) is 0 Å². The number of carbonyl (C=O) groups excluding carboxylic acids is 1. The van der Waals surface area contributed by atoms with E-state index in [0.717, 1.165) is 0 Å². The third-order valence-electron chi connectivity index (χ3n) is 3.25. The molecule has 1 aliphatic rings. The number of benzene rings is 1. The molecule has 6 heteroatoms. The van der Waals surface area contributed by atoms with E-state index in [4.69, 9.17) is 9.47 Å². The van der Waals surface area contributed by atoms with Crippen molar-refractivity contribution in [2.45, 2.75) is 13.8 Å². The van der Waals surface area contributed by atoms with Gasteiger partial charge >= 0.3 is 0 Å². The second kappa shape index (κ2) is 5.40. The fourth-order valence-electron chi connectivity index (χ4n) is 2.24. The van der Waals surface area contributed by atoms with Crippen LogP contribution in [0.1, 0.15) is 21.7 Å². The molecule has 0 bridgehead atoms. The van der Waals surface area contributed by atoms with E-state index in [1.54, 1.807) is 32.0 Å². The summed E-state index contributed by atoms with van der Waals surface area (Å²) in [4.78, 5) is 20.5. The van der Waals surface area contributed by atoms with Crippen molar-refractivity contribution in [3.63, 3.8) is 0 Å². The topological polar surface area (TPSA) is 73.3 Å². The molecule has 2 heterocycles. The molecule has 0 saturated carbocycles. The predicted molar refractivity (Wildman–Crippen MR) is 76.9 cm³/mol. The number of carbonyl (C=O) groups is 1. The summed E-state index contributed by atoms with van der Waals surface area (Å²) in [6.07, 6.45) is 1.45. The number of hydrogen-bond donors (Lipinski definition) is 1. The molecule has 1 aromatic heterocycles. The van der Waals surface area contributed by atoms with Crippen LogP contribution in [0.3, 0.4) is 0 Å². The van der Waals surface area contributed by atoms with Crippen molar-refractivity contribution in [1.82, 2.24) is 9.97 Å². The molecule has 1 N–H and O–H groups in total. The summed E-state index contributed by atoms with van der Waals surface area (Å²) in [6, 6.07) is 5.31. The van der Waals surface area contributed by atoms with E-state index in [2.05, 4.69) is 15.3 Å². The Morgan fingerprint density at radius 2 is 1.76 bits per heavy atom. The van der Waals surface area contributed by atoms with Gasteiger partial charge in [-0.25, -0.2) is 9.97 Å². The number of nitrogens with one attached hydrogen (secondary N) is 1. The van der Waals surface area contributed by atoms with E-state index < -0.39 is 0 Å². The van der Waals surface area contributed by atoms with Crippen LogP contribution in [0.4, 0.5) is 5.69 Å². The van der Waals surface area contributed by atoms with E-state index in [9.17, 15) is 4.79 Å². The fourth-order valence-corrected chi connectivity index (χ4v) is 2.24. The summed E-state index contributed by atoms with van der Waals surface area (Å²) in [5.41, 5.74) is 2.44. The van der Waals surface area contributed by atoms with Gasteiger partial charge in [-0.2, -0.15) is 0 Å². The molecule has 1 amide bonds. The quantitative estimate of drug-likeness (QED) is 0.915. The molecular weight excluding hydrogens is 270 g/mol. The van der Waals surface area contributed by atoms with Crippen LogP contribution in [0.15, 0.2) is 24.5 Å². The van der Waals surface area contributed by atoms with Gasteiger partial charge in [0.1, 0.15) is 19.5 Å². The van der Waals surface area contributed by atoms with Gasteiger partial charge in [0.2, 0.25) is 0 Å². The molecule has 0 radical (unpaired) electrons. The third kappa shape index (κ3) is 2.65. The van der Waals surface area contributed by atoms with E-state index >= 15 is 0 Å². The summed E-state index contributed by atoms with van der Waals surface area (Å²) in [5, 5.41) is 2.84. The lowest BCUT2D eigenvalue weighted by Crippen LogP contribution is -2.18. The lowest BCUT2D eigenvalue weighted by Gasteiger charge is -2.19. The van der Waals surface area contributed by atoms with E-state index in [-0.39, 0.29) is 5.91 Å². The van der Waals surface area contributed by atoms with Gasteiger partial charge in [-0.15, -0.1) is 0 Å². The molecule has 2 aromatic rings. The molecule has 0 aliphatic carbocycles. The molecule has 0 spiro atoms. The van der Waals surface area contributed by atoms with Crippen molar-refractivity contribution < 1.29 is 14.3 Å². The first-order valence-electron chi connectivity index (χ1n) is 6.64. The van der Waals surface area contributed by atoms with Crippen molar-refractivity contribution in [3.8, 4) is 11.5 Å². The molecule has 21 heavy (non-hydrogen) atoms. The average Bonchev–Trinajstić information content (AvgIpc) is 2.47. The second-order valence-electron chi connectivity index (χ2n) is 4.73. The standard InChI is InChI=1S/C15H15N3O3/c1-9-14(10(2)17-8-16-9)15(19)18-11-3-4-12-13(7-11)21-6-5-20-12/h3-4,7-8H,5-6H2,1-2H3,(H,18,19). The zero-order valence-electron chi connectivity index (χ0n) is 11.8. The Morgan fingerprint density at radius 3 is 2.48 bits per heavy atom. The molecule has 6 nitrogen and oxygen atoms in total. The van der Waals surface area contributed by atoms with Crippen LogP contribution in [0.25, 0.3) is 0 Å². The van der Waals surface area contributed by atoms with Gasteiger partial charge in [-0.05, 0) is 26.0 Å². The van der Waals surface area contributed by atoms with Crippen LogP contribution in [0.2, 0.25) is 0 Å². The summed E-state index contributed by atoms with van der Waals surface area (Å²) >= 11 is 0. The highest BCUT2D eigenvalue weighted by atomic mass is 16.6. The van der Waals surface area contributed by atoms with Gasteiger partial charge in [0.25, 0.3) is 5.91 Å². The smallest absolute Gasteiger partial charge is 0.259 e. The van der Waals surface area contributed by atoms with Gasteiger partial charge in [0.15, 0.2) is 11.5 Å². The summed E-state index contributed by atoms with van der Waals surface area (Å²) < 4.78 is 10.9. The lowest BCUT2D eigenvalue weighted by molar-refractivity contribution is 0.102. The van der Waals surface area contributed by atoms with Crippen LogP contribution in [-0.4, -0.2) is 29.1 Å². The second-order valence-corrected chi connectivity index (χ2v) is 4.73. The van der Waals surface area contributed by atoms with Crippen LogP contribution < -0.4 is 14.8 Å². The molecule has 0 unspecified atom stereocenters. The number of fused-ring (bicyclic) bond motifs is 1. The fraction of sp³-hybridized carbons (Fsp3) is 0.267. The van der Waals surface area contributed by atoms with E-state index in [0.29, 0.717) is 47.4 Å². The molecule has 3 rings (SSSR count). The highest BCUT2D eigenvalue weighted by Crippen LogP contribution is 2.32. The minimum Gasteiger partial charge on any atom is -0.486 e. The number of anilines is 1. The van der Waals surface area contributed by atoms with Crippen LogP contribution >= 0.6 is 0 Å². The Morgan fingerprint density at radius 1 is 1.10 bits per heavy atom. The predicted octanol–water partition coefficient (Wildman–Crippen LogP) is 2.12. The Kier molecular flexibility index (Phi) is 3.43. The van der Waals surface area contributed by atoms with Gasteiger partial charge in [0, 0.05) is 11.8 Å². The van der Waals surface area contributed by atoms with Crippen molar-refractivity contribution >= 4 is 11.6 Å². The van der Waals surface area contributed by atoms with E-state index in [1.165, 1.54) is 6.33 Å². The Balaban J connectivity index is 1.85. The number of ether oxygens (including phenoxy) is 2. The highest BCUT2D eigenvalue weighted by Gasteiger charge is 2.16. The molecule has 1 aromatic carbocycles. The maximum Gasteiger partial charge on any atom is 0.259 e. The number of nitrogens with zero attached hydrogens (tertiary/aromatic N) is 2. The van der Waals surface area contributed by atoms with Crippen molar-refractivity contribution in [2.75, 3.05) is 18.5 Å². The summed E-state index contributed by atoms with van der Waals surface area (Å²) in [7, 11) is 0. The third-order valence-corrected chi connectivity index (χ3v) is 3.25. The molecule has 0 fully saturated rings. The number of rotatable bonds is 2. The first kappa shape index (κ1) is 13.4. The van der Waals surface area contributed by atoms with Gasteiger partial charge < -0.3 is 14.8 Å². The lowest BCUT2D eigenvalue weighted by atomic mass is 10.1. The van der Waals surface area contributed by atoms with Gasteiger partial charge in [-0.3, -0.25) is 4.79 Å². The minimum absolute atomic E-state index is 0.234. The maximum absolute atomic E-state index is 12.4. The summed E-state index contributed by atoms with van der Waals surface area (Å²) in [6.45, 7) is 4.62. The van der Waals surface area contributed by atoms with Crippen molar-refractivity contribution in [2.24, 2.45) is 0 Å². The summed E-state index contributed by atoms with van der Waals surface area (Å²) in [5.74, 6) is 1.09. The van der Waals surface area contributed by atoms with Crippen molar-refractivity contribution in [3.05, 3.63) is 41.5 Å². The largest absolute Gasteiger partial charge is 0.486 e. The first-order valence-corrected chi connectivity index (χ1v) is 6.64. The number of aryl methyl sites for hydroxylation is 2. The zero-order valence-corrected chi connectivity index (χ0v) is 11.8. The van der Waals surface area contributed by atoms with Crippen molar-refractivity contribution in [1.29, 1.82) is 0 Å². The molecule has 1 aliphatic heterocycles. The van der Waals surface area contributed by atoms with Crippen LogP contribution in [0, 0.1) is 13.8 Å². The molecular formula is C15H15N3O3. The SMILES string of the molecule is Cc1ncnc(C)c1C(=O)Nc1ccc2c(c1)OCCO2. The minimum atomic E-state index is -0.234. The van der Waals surface area contributed by atoms with E-state index in [1.807, 2.05) is 0 Å². The average molecular weight is 285 g/mol. The first-order chi connectivity index (χ1) is 10.1. The van der Waals surface area contributed by atoms with Crippen LogP contribution in [0.5, 0.6) is 11.5 Å². The molecule has 0 atom stereocenters. The number of hydrogen-bond acceptors (Lipinski definition) is 5. The number of aromatic nitrogens is 2. The highest BCUT2D eigenvalue weighted by molar-refractivity contribution is 6.05. The zero-order chi connectivity index (χ0) is 14.8.